The molecule has 0 amide bonds. The lowest BCUT2D eigenvalue weighted by Crippen LogP contribution is -2.46. The Hall–Kier alpha value is -2.09. The summed E-state index contributed by atoms with van der Waals surface area (Å²) >= 11 is 0. The second kappa shape index (κ2) is 9.56. The number of carbonyl (C=O) groups excluding carboxylic acids is 1. The predicted molar refractivity (Wildman–Crippen MR) is 100 cm³/mol. The minimum Gasteiger partial charge on any atom is -0.482 e. The van der Waals surface area contributed by atoms with Crippen LogP contribution in [0, 0.1) is 0 Å². The zero-order chi connectivity index (χ0) is 17.6. The lowest BCUT2D eigenvalue weighted by molar-refractivity contribution is -0.142. The van der Waals surface area contributed by atoms with Gasteiger partial charge in [-0.2, -0.15) is 0 Å². The molecule has 1 N–H and O–H groups in total. The summed E-state index contributed by atoms with van der Waals surface area (Å²) in [5, 5.41) is 3.45. The number of imidazole rings is 1. The third-order valence-electron chi connectivity index (χ3n) is 4.40. The number of benzene rings is 1. The van der Waals surface area contributed by atoms with Crippen LogP contribution in [-0.2, 0) is 23.1 Å². The number of halogens is 1. The summed E-state index contributed by atoms with van der Waals surface area (Å²) < 4.78 is 12.0. The van der Waals surface area contributed by atoms with Crippen molar-refractivity contribution in [2.45, 2.75) is 12.6 Å². The quantitative estimate of drug-likeness (QED) is 0.767. The molecule has 2 aromatic rings. The Morgan fingerprint density at radius 1 is 1.35 bits per heavy atom. The zero-order valence-corrected chi connectivity index (χ0v) is 15.9. The second-order valence-corrected chi connectivity index (χ2v) is 6.10. The van der Waals surface area contributed by atoms with Gasteiger partial charge in [-0.3, -0.25) is 4.90 Å². The monoisotopic (exact) mass is 380 g/mol. The van der Waals surface area contributed by atoms with Crippen LogP contribution in [0.2, 0.25) is 0 Å². The van der Waals surface area contributed by atoms with Gasteiger partial charge in [-0.25, -0.2) is 9.78 Å². The van der Waals surface area contributed by atoms with E-state index in [4.69, 9.17) is 4.74 Å². The number of carbonyl (C=O) groups is 1. The van der Waals surface area contributed by atoms with Gasteiger partial charge in [-0.1, -0.05) is 12.1 Å². The molecule has 3 rings (SSSR count). The molecule has 0 bridgehead atoms. The molecule has 7 nitrogen and oxygen atoms in total. The molecule has 1 saturated heterocycles. The van der Waals surface area contributed by atoms with Crippen LogP contribution in [0.1, 0.15) is 17.4 Å². The molecule has 1 fully saturated rings. The average molecular weight is 381 g/mol. The molecule has 8 heteroatoms. The fourth-order valence-corrected chi connectivity index (χ4v) is 3.02. The summed E-state index contributed by atoms with van der Waals surface area (Å²) in [6, 6.07) is 8.09. The summed E-state index contributed by atoms with van der Waals surface area (Å²) in [7, 11) is 3.38. The summed E-state index contributed by atoms with van der Waals surface area (Å²) in [6.07, 6.45) is 3.82. The fourth-order valence-electron chi connectivity index (χ4n) is 3.02. The SMILES string of the molecule is COC(=O)COc1ccc(CN2CCNCC2c2nccn2C)cc1.Cl. The van der Waals surface area contributed by atoms with Gasteiger partial charge in [0.05, 0.1) is 13.2 Å². The third-order valence-corrected chi connectivity index (χ3v) is 4.40. The van der Waals surface area contributed by atoms with Crippen LogP contribution in [0.4, 0.5) is 0 Å². The number of piperazine rings is 1. The van der Waals surface area contributed by atoms with E-state index in [1.807, 2.05) is 43.7 Å². The molecule has 0 spiro atoms. The number of ether oxygens (including phenoxy) is 2. The van der Waals surface area contributed by atoms with Crippen LogP contribution >= 0.6 is 12.4 Å². The number of hydrogen-bond acceptors (Lipinski definition) is 6. The van der Waals surface area contributed by atoms with E-state index in [-0.39, 0.29) is 31.0 Å². The summed E-state index contributed by atoms with van der Waals surface area (Å²) in [5.74, 6) is 1.35. The Bertz CT molecular complexity index is 705. The maximum Gasteiger partial charge on any atom is 0.343 e. The number of esters is 1. The molecule has 142 valence electrons. The molecule has 1 aromatic carbocycles. The van der Waals surface area contributed by atoms with Gasteiger partial charge in [-0.15, -0.1) is 12.4 Å². The number of methoxy groups -OCH3 is 1. The van der Waals surface area contributed by atoms with Crippen LogP contribution in [0.15, 0.2) is 36.7 Å². The maximum absolute atomic E-state index is 11.1. The highest BCUT2D eigenvalue weighted by Crippen LogP contribution is 2.23. The molecule has 1 unspecified atom stereocenters. The number of rotatable bonds is 6. The number of aryl methyl sites for hydroxylation is 1. The lowest BCUT2D eigenvalue weighted by atomic mass is 10.1. The topological polar surface area (TPSA) is 68.6 Å². The molecular formula is C18H25ClN4O3. The van der Waals surface area contributed by atoms with Crippen molar-refractivity contribution < 1.29 is 14.3 Å². The van der Waals surface area contributed by atoms with Crippen molar-refractivity contribution in [3.05, 3.63) is 48.0 Å². The van der Waals surface area contributed by atoms with E-state index in [1.54, 1.807) is 0 Å². The highest BCUT2D eigenvalue weighted by atomic mass is 35.5. The Labute approximate surface area is 159 Å². The van der Waals surface area contributed by atoms with Crippen molar-refractivity contribution in [2.75, 3.05) is 33.4 Å². The standard InChI is InChI=1S/C18H24N4O3.ClH/c1-21-9-8-20-18(21)16-11-19-7-10-22(16)12-14-3-5-15(6-4-14)25-13-17(23)24-2;/h3-6,8-9,16,19H,7,10-13H2,1-2H3;1H. The smallest absolute Gasteiger partial charge is 0.343 e. The second-order valence-electron chi connectivity index (χ2n) is 6.10. The van der Waals surface area contributed by atoms with E-state index < -0.39 is 0 Å². The lowest BCUT2D eigenvalue weighted by Gasteiger charge is -2.35. The first-order valence-electron chi connectivity index (χ1n) is 8.38. The van der Waals surface area contributed by atoms with Crippen LogP contribution in [0.3, 0.4) is 0 Å². The molecule has 2 heterocycles. The van der Waals surface area contributed by atoms with Crippen molar-refractivity contribution in [3.8, 4) is 5.75 Å². The van der Waals surface area contributed by atoms with Gasteiger partial charge in [0, 0.05) is 45.6 Å². The fraction of sp³-hybridized carbons (Fsp3) is 0.444. The highest BCUT2D eigenvalue weighted by molar-refractivity contribution is 5.85. The van der Waals surface area contributed by atoms with E-state index in [9.17, 15) is 4.79 Å². The van der Waals surface area contributed by atoms with Gasteiger partial charge in [0.2, 0.25) is 0 Å². The predicted octanol–water partition coefficient (Wildman–Crippen LogP) is 1.54. The molecular weight excluding hydrogens is 356 g/mol. The average Bonchev–Trinajstić information content (AvgIpc) is 3.07. The summed E-state index contributed by atoms with van der Waals surface area (Å²) in [5.41, 5.74) is 1.20. The minimum absolute atomic E-state index is 0. The van der Waals surface area contributed by atoms with Gasteiger partial charge < -0.3 is 19.4 Å². The first-order valence-corrected chi connectivity index (χ1v) is 8.38. The third kappa shape index (κ3) is 4.97. The summed E-state index contributed by atoms with van der Waals surface area (Å²) in [4.78, 5) is 18.1. The van der Waals surface area contributed by atoms with Crippen molar-refractivity contribution in [1.82, 2.24) is 19.8 Å². The van der Waals surface area contributed by atoms with Gasteiger partial charge in [0.1, 0.15) is 11.6 Å². The van der Waals surface area contributed by atoms with Gasteiger partial charge >= 0.3 is 5.97 Å². The molecule has 1 aromatic heterocycles. The first-order chi connectivity index (χ1) is 12.2. The van der Waals surface area contributed by atoms with Crippen LogP contribution in [0.25, 0.3) is 0 Å². The van der Waals surface area contributed by atoms with E-state index >= 15 is 0 Å². The van der Waals surface area contributed by atoms with E-state index in [0.717, 1.165) is 32.0 Å². The molecule has 26 heavy (non-hydrogen) atoms. The van der Waals surface area contributed by atoms with Crippen molar-refractivity contribution in [3.63, 3.8) is 0 Å². The van der Waals surface area contributed by atoms with Crippen molar-refractivity contribution in [2.24, 2.45) is 7.05 Å². The zero-order valence-electron chi connectivity index (χ0n) is 15.1. The number of hydrogen-bond donors (Lipinski definition) is 1. The minimum atomic E-state index is -0.386. The summed E-state index contributed by atoms with van der Waals surface area (Å²) in [6.45, 7) is 3.61. The Kier molecular flexibility index (Phi) is 7.44. The molecule has 0 aliphatic carbocycles. The van der Waals surface area contributed by atoms with Gasteiger partial charge in [-0.05, 0) is 17.7 Å². The van der Waals surface area contributed by atoms with E-state index in [1.165, 1.54) is 12.7 Å². The van der Waals surface area contributed by atoms with Gasteiger partial charge in [0.15, 0.2) is 6.61 Å². The van der Waals surface area contributed by atoms with Crippen LogP contribution in [0.5, 0.6) is 5.75 Å². The maximum atomic E-state index is 11.1. The van der Waals surface area contributed by atoms with Crippen LogP contribution in [-0.4, -0.2) is 53.8 Å². The Balaban J connectivity index is 0.00000243. The number of nitrogens with zero attached hydrogens (tertiary/aromatic N) is 3. The van der Waals surface area contributed by atoms with E-state index in [2.05, 4.69) is 24.5 Å². The molecule has 1 atom stereocenters. The molecule has 0 saturated carbocycles. The first kappa shape index (κ1) is 20.2. The number of aromatic nitrogens is 2. The van der Waals surface area contributed by atoms with E-state index in [0.29, 0.717) is 5.75 Å². The largest absolute Gasteiger partial charge is 0.482 e. The van der Waals surface area contributed by atoms with Crippen molar-refractivity contribution >= 4 is 18.4 Å². The molecule has 0 radical (unpaired) electrons. The van der Waals surface area contributed by atoms with Crippen molar-refractivity contribution in [1.29, 1.82) is 0 Å². The van der Waals surface area contributed by atoms with Gasteiger partial charge in [0.25, 0.3) is 0 Å². The van der Waals surface area contributed by atoms with Crippen LogP contribution < -0.4 is 10.1 Å². The molecule has 1 aliphatic rings. The highest BCUT2D eigenvalue weighted by Gasteiger charge is 2.26. The number of nitrogens with one attached hydrogen (secondary N) is 1. The normalized spacial score (nSPS) is 17.4. The molecule has 1 aliphatic heterocycles. The Morgan fingerprint density at radius 2 is 2.12 bits per heavy atom. The Morgan fingerprint density at radius 3 is 2.77 bits per heavy atom.